The number of alkyl halides is 3. The van der Waals surface area contributed by atoms with Crippen molar-refractivity contribution in [2.24, 2.45) is 4.99 Å². The molecule has 0 bridgehead atoms. The summed E-state index contributed by atoms with van der Waals surface area (Å²) in [6, 6.07) is 4.49. The van der Waals surface area contributed by atoms with E-state index in [1.54, 1.807) is 11.1 Å². The Bertz CT molecular complexity index is 1180. The number of allylic oxidation sites excluding steroid dienone is 2. The van der Waals surface area contributed by atoms with Gasteiger partial charge in [-0.15, -0.1) is 0 Å². The molecular formula is C23H19F5N4O. The molecule has 4 rings (SSSR count). The first-order valence-corrected chi connectivity index (χ1v) is 10.1. The maximum Gasteiger partial charge on any atom is 0.419 e. The van der Waals surface area contributed by atoms with Crippen LogP contribution in [0.3, 0.4) is 0 Å². The minimum atomic E-state index is -4.85. The van der Waals surface area contributed by atoms with E-state index in [9.17, 15) is 26.7 Å². The summed E-state index contributed by atoms with van der Waals surface area (Å²) in [5, 5.41) is 2.56. The number of nitrogens with one attached hydrogen (secondary N) is 1. The molecule has 2 aliphatic heterocycles. The van der Waals surface area contributed by atoms with Gasteiger partial charge in [0.25, 0.3) is 5.91 Å². The molecule has 2 aliphatic rings. The van der Waals surface area contributed by atoms with Crippen LogP contribution in [-0.4, -0.2) is 34.2 Å². The van der Waals surface area contributed by atoms with Gasteiger partial charge < -0.3 is 10.2 Å². The number of hydrogen-bond donors (Lipinski definition) is 1. The van der Waals surface area contributed by atoms with E-state index in [1.807, 2.05) is 6.92 Å². The summed E-state index contributed by atoms with van der Waals surface area (Å²) in [6.45, 7) is 3.77. The highest BCUT2D eigenvalue weighted by Gasteiger charge is 2.36. The lowest BCUT2D eigenvalue weighted by Gasteiger charge is -2.25. The van der Waals surface area contributed by atoms with Crippen LogP contribution in [0.25, 0.3) is 5.57 Å². The van der Waals surface area contributed by atoms with Gasteiger partial charge in [0, 0.05) is 23.9 Å². The molecule has 0 radical (unpaired) electrons. The first-order chi connectivity index (χ1) is 15.5. The largest absolute Gasteiger partial charge is 0.419 e. The monoisotopic (exact) mass is 462 g/mol. The molecule has 5 nitrogen and oxygen atoms in total. The minimum Gasteiger partial charge on any atom is -0.345 e. The highest BCUT2D eigenvalue weighted by molar-refractivity contribution is 6.24. The molecule has 0 saturated heterocycles. The van der Waals surface area contributed by atoms with Crippen molar-refractivity contribution < 1.29 is 26.7 Å². The number of amides is 1. The van der Waals surface area contributed by atoms with Crippen molar-refractivity contribution in [1.29, 1.82) is 0 Å². The fraction of sp³-hybridized carbons (Fsp3) is 0.261. The summed E-state index contributed by atoms with van der Waals surface area (Å²) in [5.74, 6) is -2.18. The lowest BCUT2D eigenvalue weighted by Crippen LogP contribution is -2.37. The minimum absolute atomic E-state index is 0.105. The second kappa shape index (κ2) is 8.42. The molecule has 33 heavy (non-hydrogen) atoms. The Morgan fingerprint density at radius 2 is 1.97 bits per heavy atom. The van der Waals surface area contributed by atoms with E-state index in [0.29, 0.717) is 29.7 Å². The Hall–Kier alpha value is -3.56. The van der Waals surface area contributed by atoms with Crippen LogP contribution < -0.4 is 5.32 Å². The lowest BCUT2D eigenvalue weighted by atomic mass is 10.0. The van der Waals surface area contributed by atoms with Crippen molar-refractivity contribution in [2.45, 2.75) is 32.1 Å². The summed E-state index contributed by atoms with van der Waals surface area (Å²) >= 11 is 0. The standard InChI is InChI=1S/C23H19F5N4O/c1-12-10-32-11-14(19-7-6-15(24)9-29-19)8-17(21(32)30-12)22(33)31-13(2)16-4-3-5-18(20(16)25)23(26,27)28/h3-9,11-13H,10H2,1-2H3,(H,31,33)/t12-,13-/m1/s1. The zero-order chi connectivity index (χ0) is 23.9. The van der Waals surface area contributed by atoms with Gasteiger partial charge in [-0.25, -0.2) is 8.78 Å². The molecule has 1 aromatic heterocycles. The summed E-state index contributed by atoms with van der Waals surface area (Å²) in [5.41, 5.74) is -0.569. The third kappa shape index (κ3) is 4.50. The number of carbonyl (C=O) groups is 1. The average Bonchev–Trinajstić information content (AvgIpc) is 3.12. The predicted molar refractivity (Wildman–Crippen MR) is 112 cm³/mol. The maximum absolute atomic E-state index is 14.5. The van der Waals surface area contributed by atoms with Crippen LogP contribution in [0, 0.1) is 11.6 Å². The van der Waals surface area contributed by atoms with Crippen LogP contribution in [0.5, 0.6) is 0 Å². The molecule has 1 amide bonds. The molecular weight excluding hydrogens is 443 g/mol. The number of hydrogen-bond acceptors (Lipinski definition) is 4. The fourth-order valence-corrected chi connectivity index (χ4v) is 3.77. The average molecular weight is 462 g/mol. The lowest BCUT2D eigenvalue weighted by molar-refractivity contribution is -0.140. The molecule has 0 saturated carbocycles. The maximum atomic E-state index is 14.5. The van der Waals surface area contributed by atoms with Crippen molar-refractivity contribution in [1.82, 2.24) is 15.2 Å². The molecule has 10 heteroatoms. The number of amidine groups is 1. The first kappa shape index (κ1) is 22.6. The molecule has 0 fully saturated rings. The summed E-state index contributed by atoms with van der Waals surface area (Å²) in [4.78, 5) is 23.4. The molecule has 172 valence electrons. The number of halogens is 5. The quantitative estimate of drug-likeness (QED) is 0.674. The highest BCUT2D eigenvalue weighted by atomic mass is 19.4. The van der Waals surface area contributed by atoms with E-state index in [0.717, 1.165) is 12.3 Å². The number of fused-ring (bicyclic) bond motifs is 1. The van der Waals surface area contributed by atoms with Gasteiger partial charge in [0.05, 0.1) is 35.1 Å². The van der Waals surface area contributed by atoms with E-state index in [1.165, 1.54) is 31.2 Å². The van der Waals surface area contributed by atoms with E-state index < -0.39 is 35.3 Å². The van der Waals surface area contributed by atoms with Crippen LogP contribution in [0.15, 0.2) is 59.4 Å². The highest BCUT2D eigenvalue weighted by Crippen LogP contribution is 2.34. The van der Waals surface area contributed by atoms with Crippen LogP contribution >= 0.6 is 0 Å². The van der Waals surface area contributed by atoms with Crippen molar-refractivity contribution in [2.75, 3.05) is 6.54 Å². The molecule has 2 aromatic rings. The van der Waals surface area contributed by atoms with Crippen LogP contribution in [0.4, 0.5) is 22.0 Å². The van der Waals surface area contributed by atoms with Gasteiger partial charge in [0.15, 0.2) is 0 Å². The van der Waals surface area contributed by atoms with Gasteiger partial charge >= 0.3 is 6.18 Å². The zero-order valence-electron chi connectivity index (χ0n) is 17.6. The van der Waals surface area contributed by atoms with Gasteiger partial charge in [-0.1, -0.05) is 12.1 Å². The number of pyridine rings is 1. The van der Waals surface area contributed by atoms with E-state index in [-0.39, 0.29) is 17.2 Å². The van der Waals surface area contributed by atoms with E-state index >= 15 is 0 Å². The van der Waals surface area contributed by atoms with Crippen LogP contribution in [-0.2, 0) is 11.0 Å². The van der Waals surface area contributed by atoms with E-state index in [2.05, 4.69) is 15.3 Å². The Kier molecular flexibility index (Phi) is 5.77. The third-order valence-electron chi connectivity index (χ3n) is 5.33. The van der Waals surface area contributed by atoms with Crippen molar-refractivity contribution in [3.63, 3.8) is 0 Å². The molecule has 0 unspecified atom stereocenters. The molecule has 1 aromatic carbocycles. The van der Waals surface area contributed by atoms with Gasteiger partial charge in [-0.3, -0.25) is 14.8 Å². The summed E-state index contributed by atoms with van der Waals surface area (Å²) in [6.07, 6.45) is -0.529. The van der Waals surface area contributed by atoms with Crippen LogP contribution in [0.2, 0.25) is 0 Å². The Morgan fingerprint density at radius 1 is 1.21 bits per heavy atom. The van der Waals surface area contributed by atoms with Crippen molar-refractivity contribution >= 4 is 17.3 Å². The van der Waals surface area contributed by atoms with Gasteiger partial charge in [-0.2, -0.15) is 13.2 Å². The normalized spacial score (nSPS) is 18.8. The van der Waals surface area contributed by atoms with Crippen molar-refractivity contribution in [3.05, 3.63) is 82.8 Å². The fourth-order valence-electron chi connectivity index (χ4n) is 3.77. The first-order valence-electron chi connectivity index (χ1n) is 10.1. The Balaban J connectivity index is 1.64. The Labute approximate surface area is 186 Å². The number of benzene rings is 1. The second-order valence-corrected chi connectivity index (χ2v) is 7.86. The van der Waals surface area contributed by atoms with Gasteiger partial charge in [0.2, 0.25) is 0 Å². The topological polar surface area (TPSA) is 57.6 Å². The summed E-state index contributed by atoms with van der Waals surface area (Å²) < 4.78 is 67.0. The third-order valence-corrected chi connectivity index (χ3v) is 5.33. The summed E-state index contributed by atoms with van der Waals surface area (Å²) in [7, 11) is 0. The number of carbonyl (C=O) groups excluding carboxylic acids is 1. The number of aromatic nitrogens is 1. The van der Waals surface area contributed by atoms with Gasteiger partial charge in [0.1, 0.15) is 17.5 Å². The van der Waals surface area contributed by atoms with Crippen LogP contribution in [0.1, 0.15) is 36.7 Å². The molecule has 1 N–H and O–H groups in total. The number of aliphatic imine (C=N–C) groups is 1. The molecule has 2 atom stereocenters. The molecule has 0 aliphatic carbocycles. The van der Waals surface area contributed by atoms with Gasteiger partial charge in [-0.05, 0) is 38.1 Å². The predicted octanol–water partition coefficient (Wildman–Crippen LogP) is 4.64. The zero-order valence-corrected chi connectivity index (χ0v) is 17.6. The van der Waals surface area contributed by atoms with Crippen molar-refractivity contribution in [3.8, 4) is 0 Å². The Morgan fingerprint density at radius 3 is 2.64 bits per heavy atom. The molecule has 0 spiro atoms. The smallest absolute Gasteiger partial charge is 0.345 e. The second-order valence-electron chi connectivity index (χ2n) is 7.86. The number of nitrogens with zero attached hydrogens (tertiary/aromatic N) is 3. The van der Waals surface area contributed by atoms with E-state index in [4.69, 9.17) is 0 Å². The molecule has 3 heterocycles. The SMILES string of the molecule is C[C@@H]1CN2C=C(c3ccc(F)cn3)C=C(C(=O)N[C@H](C)c3cccc(C(F)(F)F)c3F)C2=N1. The number of rotatable bonds is 4.